The highest BCUT2D eigenvalue weighted by Gasteiger charge is 2.21. The number of ether oxygens (including phenoxy) is 1. The third kappa shape index (κ3) is 5.88. The fraction of sp³-hybridized carbons (Fsp3) is 0.263. The Labute approximate surface area is 173 Å². The smallest absolute Gasteiger partial charge is 0.341 e. The minimum Gasteiger partial charge on any atom is -0.481 e. The average molecular weight is 439 g/mol. The zero-order valence-corrected chi connectivity index (χ0v) is 18.1. The van der Waals surface area contributed by atoms with Gasteiger partial charge < -0.3 is 14.7 Å². The van der Waals surface area contributed by atoms with Gasteiger partial charge in [0.25, 0.3) is 15.3 Å². The van der Waals surface area contributed by atoms with E-state index in [0.29, 0.717) is 21.7 Å². The van der Waals surface area contributed by atoms with E-state index in [1.54, 1.807) is 58.3 Å². The number of nitrogens with one attached hydrogen (secondary N) is 1. The fourth-order valence-corrected chi connectivity index (χ4v) is 4.41. The molecule has 0 atom stereocenters. The minimum absolute atomic E-state index is 0.00951. The molecule has 0 fully saturated rings. The van der Waals surface area contributed by atoms with Gasteiger partial charge in [-0.15, -0.1) is 0 Å². The number of aryl methyl sites for hydroxylation is 1. The molecule has 0 heterocycles. The number of amides is 1. The molecular formula is C19H22N2O6S2. The molecule has 0 aliphatic rings. The Bertz CT molecular complexity index is 1020. The van der Waals surface area contributed by atoms with E-state index in [2.05, 4.69) is 4.72 Å². The van der Waals surface area contributed by atoms with Crippen molar-refractivity contribution in [1.82, 2.24) is 4.90 Å². The standard InChI is InChI=1S/C19H22N2O6S2/c1-12-5-10-16(13(2)18(12)27-11-17(22)23)29(25,26)20-14-6-8-15(9-7-14)28-19(24)21(3)4/h5-10,20H,11H2,1-4H3,(H,22,23). The summed E-state index contributed by atoms with van der Waals surface area (Å²) in [5.74, 6) is -0.926. The lowest BCUT2D eigenvalue weighted by Crippen LogP contribution is -2.16. The Morgan fingerprint density at radius 1 is 1.10 bits per heavy atom. The second-order valence-electron chi connectivity index (χ2n) is 6.41. The Hall–Kier alpha value is -2.72. The molecule has 1 amide bonds. The quantitative estimate of drug-likeness (QED) is 0.638. The first-order valence-corrected chi connectivity index (χ1v) is 10.8. The van der Waals surface area contributed by atoms with Crippen LogP contribution in [0.25, 0.3) is 0 Å². The van der Waals surface area contributed by atoms with Crippen LogP contribution in [-0.4, -0.2) is 50.3 Å². The molecule has 0 saturated heterocycles. The van der Waals surface area contributed by atoms with E-state index in [9.17, 15) is 18.0 Å². The van der Waals surface area contributed by atoms with Gasteiger partial charge in [0.1, 0.15) is 5.75 Å². The number of carboxylic acid groups (broad SMARTS) is 1. The Balaban J connectivity index is 2.24. The summed E-state index contributed by atoms with van der Waals surface area (Å²) in [6.45, 7) is 2.70. The van der Waals surface area contributed by atoms with Crippen LogP contribution in [0.15, 0.2) is 46.2 Å². The molecule has 29 heavy (non-hydrogen) atoms. The fourth-order valence-electron chi connectivity index (χ4n) is 2.45. The van der Waals surface area contributed by atoms with E-state index >= 15 is 0 Å². The van der Waals surface area contributed by atoms with Crippen LogP contribution in [0.4, 0.5) is 10.5 Å². The number of nitrogens with zero attached hydrogens (tertiary/aromatic N) is 1. The molecule has 0 aromatic heterocycles. The number of benzene rings is 2. The molecule has 8 nitrogen and oxygen atoms in total. The lowest BCUT2D eigenvalue weighted by molar-refractivity contribution is -0.139. The third-order valence-electron chi connectivity index (χ3n) is 3.86. The van der Waals surface area contributed by atoms with Crippen LogP contribution in [0.1, 0.15) is 11.1 Å². The number of carbonyl (C=O) groups is 2. The summed E-state index contributed by atoms with van der Waals surface area (Å²) in [6.07, 6.45) is 0. The van der Waals surface area contributed by atoms with Crippen LogP contribution in [-0.2, 0) is 14.8 Å². The van der Waals surface area contributed by atoms with Crippen LogP contribution in [0.3, 0.4) is 0 Å². The highest BCUT2D eigenvalue weighted by molar-refractivity contribution is 8.13. The molecule has 0 aliphatic carbocycles. The number of hydrogen-bond donors (Lipinski definition) is 2. The monoisotopic (exact) mass is 438 g/mol. The van der Waals surface area contributed by atoms with E-state index in [1.165, 1.54) is 11.0 Å². The Morgan fingerprint density at radius 3 is 2.28 bits per heavy atom. The second-order valence-corrected chi connectivity index (χ2v) is 9.09. The number of thioether (sulfide) groups is 1. The molecule has 0 saturated carbocycles. The highest BCUT2D eigenvalue weighted by atomic mass is 32.2. The minimum atomic E-state index is -3.93. The number of sulfonamides is 1. The molecule has 0 unspecified atom stereocenters. The Morgan fingerprint density at radius 2 is 1.72 bits per heavy atom. The van der Waals surface area contributed by atoms with Crippen LogP contribution in [0, 0.1) is 13.8 Å². The summed E-state index contributed by atoms with van der Waals surface area (Å²) >= 11 is 1.03. The van der Waals surface area contributed by atoms with Crippen molar-refractivity contribution in [3.8, 4) is 5.75 Å². The van der Waals surface area contributed by atoms with Crippen LogP contribution in [0.2, 0.25) is 0 Å². The topological polar surface area (TPSA) is 113 Å². The van der Waals surface area contributed by atoms with Crippen molar-refractivity contribution in [2.75, 3.05) is 25.4 Å². The normalized spacial score (nSPS) is 11.0. The molecule has 0 spiro atoms. The van der Waals surface area contributed by atoms with E-state index in [1.807, 2.05) is 0 Å². The molecule has 0 radical (unpaired) electrons. The third-order valence-corrected chi connectivity index (χ3v) is 6.43. The van der Waals surface area contributed by atoms with E-state index in [0.717, 1.165) is 11.8 Å². The van der Waals surface area contributed by atoms with Crippen molar-refractivity contribution in [3.63, 3.8) is 0 Å². The summed E-state index contributed by atoms with van der Waals surface area (Å²) in [5.41, 5.74) is 1.29. The van der Waals surface area contributed by atoms with Gasteiger partial charge in [0.2, 0.25) is 0 Å². The largest absolute Gasteiger partial charge is 0.481 e. The maximum Gasteiger partial charge on any atom is 0.341 e. The van der Waals surface area contributed by atoms with Gasteiger partial charge in [0.05, 0.1) is 4.90 Å². The van der Waals surface area contributed by atoms with Gasteiger partial charge in [-0.1, -0.05) is 6.07 Å². The second kappa shape index (κ2) is 9.19. The molecule has 10 heteroatoms. The van der Waals surface area contributed by atoms with Gasteiger partial charge in [0.15, 0.2) is 6.61 Å². The lowest BCUT2D eigenvalue weighted by Gasteiger charge is -2.16. The summed E-state index contributed by atoms with van der Waals surface area (Å²) in [7, 11) is -0.633. The SMILES string of the molecule is Cc1ccc(S(=O)(=O)Nc2ccc(SC(=O)N(C)C)cc2)c(C)c1OCC(=O)O. The van der Waals surface area contributed by atoms with Gasteiger partial charge in [-0.3, -0.25) is 9.52 Å². The van der Waals surface area contributed by atoms with E-state index in [4.69, 9.17) is 9.84 Å². The molecule has 0 bridgehead atoms. The van der Waals surface area contributed by atoms with Crippen molar-refractivity contribution in [2.24, 2.45) is 0 Å². The number of rotatable bonds is 7. The molecule has 2 aromatic rings. The first kappa shape index (κ1) is 22.6. The number of hydrogen-bond acceptors (Lipinski definition) is 6. The maximum absolute atomic E-state index is 12.8. The predicted octanol–water partition coefficient (Wildman–Crippen LogP) is 3.34. The van der Waals surface area contributed by atoms with E-state index in [-0.39, 0.29) is 15.9 Å². The molecule has 2 N–H and O–H groups in total. The summed E-state index contributed by atoms with van der Waals surface area (Å²) in [5, 5.41) is 8.67. The van der Waals surface area contributed by atoms with Crippen LogP contribution < -0.4 is 9.46 Å². The van der Waals surface area contributed by atoms with Crippen molar-refractivity contribution >= 4 is 38.7 Å². The van der Waals surface area contributed by atoms with Gasteiger partial charge in [-0.05, 0) is 61.5 Å². The number of carbonyl (C=O) groups excluding carboxylic acids is 1. The predicted molar refractivity (Wildman–Crippen MR) is 111 cm³/mol. The van der Waals surface area contributed by atoms with Gasteiger partial charge >= 0.3 is 5.97 Å². The van der Waals surface area contributed by atoms with Crippen LogP contribution in [0.5, 0.6) is 5.75 Å². The summed E-state index contributed by atoms with van der Waals surface area (Å²) in [6, 6.07) is 9.43. The highest BCUT2D eigenvalue weighted by Crippen LogP contribution is 2.30. The zero-order chi connectivity index (χ0) is 21.8. The first-order valence-electron chi connectivity index (χ1n) is 8.48. The lowest BCUT2D eigenvalue weighted by atomic mass is 10.1. The van der Waals surface area contributed by atoms with E-state index < -0.39 is 22.6 Å². The summed E-state index contributed by atoms with van der Waals surface area (Å²) < 4.78 is 33.4. The van der Waals surface area contributed by atoms with Gasteiger partial charge in [0, 0.05) is 30.2 Å². The number of aliphatic carboxylic acids is 1. The first-order chi connectivity index (χ1) is 13.5. The van der Waals surface area contributed by atoms with Crippen molar-refractivity contribution in [1.29, 1.82) is 0 Å². The van der Waals surface area contributed by atoms with Crippen molar-refractivity contribution in [3.05, 3.63) is 47.5 Å². The molecule has 2 rings (SSSR count). The van der Waals surface area contributed by atoms with Gasteiger partial charge in [-0.2, -0.15) is 0 Å². The van der Waals surface area contributed by atoms with Crippen molar-refractivity contribution < 1.29 is 27.9 Å². The number of carboxylic acids is 1. The molecular weight excluding hydrogens is 416 g/mol. The Kier molecular flexibility index (Phi) is 7.15. The summed E-state index contributed by atoms with van der Waals surface area (Å²) in [4.78, 5) is 24.6. The molecule has 2 aromatic carbocycles. The molecule has 0 aliphatic heterocycles. The maximum atomic E-state index is 12.8. The zero-order valence-electron chi connectivity index (χ0n) is 16.4. The van der Waals surface area contributed by atoms with Crippen LogP contribution >= 0.6 is 11.8 Å². The van der Waals surface area contributed by atoms with Gasteiger partial charge in [-0.25, -0.2) is 13.2 Å². The van der Waals surface area contributed by atoms with Crippen molar-refractivity contribution in [2.45, 2.75) is 23.6 Å². The molecule has 156 valence electrons. The average Bonchev–Trinajstić information content (AvgIpc) is 2.62. The number of anilines is 1.